The van der Waals surface area contributed by atoms with Gasteiger partial charge in [0.25, 0.3) is 5.91 Å². The highest BCUT2D eigenvalue weighted by molar-refractivity contribution is 7.12. The van der Waals surface area contributed by atoms with Crippen LogP contribution in [0.2, 0.25) is 0 Å². The van der Waals surface area contributed by atoms with Crippen LogP contribution in [-0.4, -0.2) is 48.3 Å². The van der Waals surface area contributed by atoms with Gasteiger partial charge in [-0.25, -0.2) is 0 Å². The fourth-order valence-corrected chi connectivity index (χ4v) is 4.05. The van der Waals surface area contributed by atoms with Crippen molar-refractivity contribution in [3.8, 4) is 0 Å². The van der Waals surface area contributed by atoms with Gasteiger partial charge in [-0.2, -0.15) is 0 Å². The summed E-state index contributed by atoms with van der Waals surface area (Å²) in [5, 5.41) is 12.0. The van der Waals surface area contributed by atoms with Crippen molar-refractivity contribution in [2.75, 3.05) is 20.3 Å². The zero-order chi connectivity index (χ0) is 13.4. The van der Waals surface area contributed by atoms with Crippen LogP contribution < -0.4 is 0 Å². The first-order valence-electron chi connectivity index (χ1n) is 6.80. The molecule has 19 heavy (non-hydrogen) atoms. The molecule has 0 unspecified atom stereocenters. The van der Waals surface area contributed by atoms with Gasteiger partial charge in [0.15, 0.2) is 0 Å². The zero-order valence-corrected chi connectivity index (χ0v) is 11.9. The first-order chi connectivity index (χ1) is 9.18. The Morgan fingerprint density at radius 1 is 1.42 bits per heavy atom. The van der Waals surface area contributed by atoms with E-state index in [9.17, 15) is 9.90 Å². The number of rotatable bonds is 2. The number of aryl methyl sites for hydroxylation is 1. The summed E-state index contributed by atoms with van der Waals surface area (Å²) in [5.41, 5.74) is 2.58. The number of amides is 1. The smallest absolute Gasteiger partial charge is 0.264 e. The largest absolute Gasteiger partial charge is 0.388 e. The number of fused-ring (bicyclic) bond motifs is 1. The first kappa shape index (κ1) is 13.1. The van der Waals surface area contributed by atoms with Crippen LogP contribution in [0.5, 0.6) is 0 Å². The lowest BCUT2D eigenvalue weighted by atomic mass is 9.93. The second-order valence-electron chi connectivity index (χ2n) is 5.36. The van der Waals surface area contributed by atoms with Gasteiger partial charge in [0.1, 0.15) is 0 Å². The van der Waals surface area contributed by atoms with Gasteiger partial charge in [0.2, 0.25) is 0 Å². The molecule has 0 spiro atoms. The minimum absolute atomic E-state index is 0.0303. The van der Waals surface area contributed by atoms with Crippen molar-refractivity contribution < 1.29 is 14.6 Å². The second-order valence-corrected chi connectivity index (χ2v) is 6.24. The molecule has 1 aromatic rings. The Labute approximate surface area is 117 Å². The van der Waals surface area contributed by atoms with Crippen molar-refractivity contribution in [1.82, 2.24) is 4.90 Å². The van der Waals surface area contributed by atoms with E-state index in [0.29, 0.717) is 13.2 Å². The standard InChI is InChI=1S/C14H19NO3S/c1-15(11-6-18-7-12(11)16)14(17)13-10-5-3-2-4-9(10)8-19-13/h8,11-12,16H,2-7H2,1H3/t11-,12-/m0/s1. The molecule has 2 atom stereocenters. The molecule has 1 saturated heterocycles. The number of carbonyl (C=O) groups excluding carboxylic acids is 1. The van der Waals surface area contributed by atoms with Crippen LogP contribution in [-0.2, 0) is 17.6 Å². The minimum Gasteiger partial charge on any atom is -0.388 e. The fourth-order valence-electron chi connectivity index (χ4n) is 2.91. The van der Waals surface area contributed by atoms with Crippen LogP contribution >= 0.6 is 11.3 Å². The topological polar surface area (TPSA) is 49.8 Å². The van der Waals surface area contributed by atoms with Gasteiger partial charge in [-0.15, -0.1) is 11.3 Å². The highest BCUT2D eigenvalue weighted by atomic mass is 32.1. The van der Waals surface area contributed by atoms with Crippen molar-refractivity contribution in [1.29, 1.82) is 0 Å². The number of hydrogen-bond acceptors (Lipinski definition) is 4. The minimum atomic E-state index is -0.565. The third-order valence-electron chi connectivity index (χ3n) is 4.14. The van der Waals surface area contributed by atoms with E-state index in [4.69, 9.17) is 4.74 Å². The molecule has 2 heterocycles. The molecule has 0 saturated carbocycles. The Balaban J connectivity index is 1.81. The summed E-state index contributed by atoms with van der Waals surface area (Å²) < 4.78 is 5.23. The SMILES string of the molecule is CN(C(=O)c1scc2c1CCCC2)[C@H]1COC[C@@H]1O. The number of aliphatic hydroxyl groups is 1. The van der Waals surface area contributed by atoms with Crippen molar-refractivity contribution in [2.24, 2.45) is 0 Å². The van der Waals surface area contributed by atoms with Gasteiger partial charge in [-0.3, -0.25) is 4.79 Å². The molecule has 1 amide bonds. The Morgan fingerprint density at radius 3 is 2.95 bits per heavy atom. The molecule has 1 fully saturated rings. The molecule has 0 bridgehead atoms. The van der Waals surface area contributed by atoms with Gasteiger partial charge in [-0.05, 0) is 42.2 Å². The van der Waals surface area contributed by atoms with Crippen LogP contribution in [0.15, 0.2) is 5.38 Å². The number of carbonyl (C=O) groups is 1. The van der Waals surface area contributed by atoms with Crippen LogP contribution in [0, 0.1) is 0 Å². The predicted molar refractivity (Wildman–Crippen MR) is 73.7 cm³/mol. The number of likely N-dealkylation sites (N-methyl/N-ethyl adjacent to an activating group) is 1. The number of ether oxygens (including phenoxy) is 1. The number of hydrogen-bond donors (Lipinski definition) is 1. The van der Waals surface area contributed by atoms with E-state index in [1.807, 2.05) is 0 Å². The number of thiophene rings is 1. The maximum Gasteiger partial charge on any atom is 0.264 e. The van der Waals surface area contributed by atoms with Gasteiger partial charge >= 0.3 is 0 Å². The molecule has 5 heteroatoms. The first-order valence-corrected chi connectivity index (χ1v) is 7.68. The van der Waals surface area contributed by atoms with E-state index in [0.717, 1.165) is 17.7 Å². The lowest BCUT2D eigenvalue weighted by molar-refractivity contribution is 0.0584. The summed E-state index contributed by atoms with van der Waals surface area (Å²) in [4.78, 5) is 15.1. The molecule has 1 N–H and O–H groups in total. The van der Waals surface area contributed by atoms with E-state index < -0.39 is 6.10 Å². The van der Waals surface area contributed by atoms with Gasteiger partial charge < -0.3 is 14.7 Å². The van der Waals surface area contributed by atoms with Crippen LogP contribution in [0.25, 0.3) is 0 Å². The Bertz CT molecular complexity index is 485. The molecule has 1 aliphatic heterocycles. The van der Waals surface area contributed by atoms with E-state index in [1.54, 1.807) is 23.3 Å². The van der Waals surface area contributed by atoms with Gasteiger partial charge in [0, 0.05) is 7.05 Å². The molecule has 2 aliphatic rings. The maximum absolute atomic E-state index is 12.6. The molecule has 1 aliphatic carbocycles. The van der Waals surface area contributed by atoms with Crippen LogP contribution in [0.4, 0.5) is 0 Å². The van der Waals surface area contributed by atoms with Crippen LogP contribution in [0.1, 0.15) is 33.6 Å². The summed E-state index contributed by atoms with van der Waals surface area (Å²) in [6, 6.07) is -0.214. The molecule has 104 valence electrons. The molecule has 0 radical (unpaired) electrons. The highest BCUT2D eigenvalue weighted by Crippen LogP contribution is 2.31. The zero-order valence-electron chi connectivity index (χ0n) is 11.1. The third-order valence-corrected chi connectivity index (χ3v) is 5.20. The Morgan fingerprint density at radius 2 is 2.21 bits per heavy atom. The van der Waals surface area contributed by atoms with E-state index in [-0.39, 0.29) is 11.9 Å². The molecular weight excluding hydrogens is 262 g/mol. The molecular formula is C14H19NO3S. The highest BCUT2D eigenvalue weighted by Gasteiger charge is 2.34. The summed E-state index contributed by atoms with van der Waals surface area (Å²) in [6.07, 6.45) is 3.94. The van der Waals surface area contributed by atoms with Gasteiger partial charge in [-0.1, -0.05) is 0 Å². The van der Waals surface area contributed by atoms with Crippen LogP contribution in [0.3, 0.4) is 0 Å². The lowest BCUT2D eigenvalue weighted by Gasteiger charge is -2.26. The quantitative estimate of drug-likeness (QED) is 0.893. The number of nitrogens with zero attached hydrogens (tertiary/aromatic N) is 1. The molecule has 3 rings (SSSR count). The van der Waals surface area contributed by atoms with Crippen molar-refractivity contribution in [2.45, 2.75) is 37.8 Å². The average molecular weight is 281 g/mol. The predicted octanol–water partition coefficient (Wildman–Crippen LogP) is 1.46. The Kier molecular flexibility index (Phi) is 3.60. The Hall–Kier alpha value is -0.910. The maximum atomic E-state index is 12.6. The molecule has 4 nitrogen and oxygen atoms in total. The van der Waals surface area contributed by atoms with Crippen molar-refractivity contribution >= 4 is 17.2 Å². The average Bonchev–Trinajstić information content (AvgIpc) is 3.03. The van der Waals surface area contributed by atoms with E-state index in [2.05, 4.69) is 5.38 Å². The summed E-state index contributed by atoms with van der Waals surface area (Å²) in [7, 11) is 1.76. The monoisotopic (exact) mass is 281 g/mol. The van der Waals surface area contributed by atoms with Crippen molar-refractivity contribution in [3.05, 3.63) is 21.4 Å². The fraction of sp³-hybridized carbons (Fsp3) is 0.643. The van der Waals surface area contributed by atoms with Gasteiger partial charge in [0.05, 0.1) is 30.2 Å². The number of aliphatic hydroxyl groups excluding tert-OH is 1. The van der Waals surface area contributed by atoms with E-state index >= 15 is 0 Å². The lowest BCUT2D eigenvalue weighted by Crippen LogP contribution is -2.44. The normalized spacial score (nSPS) is 26.2. The summed E-state index contributed by atoms with van der Waals surface area (Å²) in [6.45, 7) is 0.752. The second kappa shape index (κ2) is 5.23. The van der Waals surface area contributed by atoms with Crippen molar-refractivity contribution in [3.63, 3.8) is 0 Å². The molecule has 0 aromatic carbocycles. The van der Waals surface area contributed by atoms with E-state index in [1.165, 1.54) is 24.0 Å². The molecule has 1 aromatic heterocycles. The third kappa shape index (κ3) is 2.30. The summed E-state index contributed by atoms with van der Waals surface area (Å²) in [5.74, 6) is 0.0303. The summed E-state index contributed by atoms with van der Waals surface area (Å²) >= 11 is 1.55.